The summed E-state index contributed by atoms with van der Waals surface area (Å²) in [6.45, 7) is 7.38. The Labute approximate surface area is 149 Å². The molecule has 0 aliphatic carbocycles. The summed E-state index contributed by atoms with van der Waals surface area (Å²) in [5.74, 6) is -0.187. The van der Waals surface area contributed by atoms with E-state index in [1.807, 2.05) is 45.0 Å². The number of nitrogens with zero attached hydrogens (tertiary/aromatic N) is 1. The second-order valence-corrected chi connectivity index (χ2v) is 5.83. The maximum Gasteiger partial charge on any atom is 0.253 e. The normalized spacial score (nSPS) is 10.2. The van der Waals surface area contributed by atoms with Crippen molar-refractivity contribution in [3.63, 3.8) is 0 Å². The SMILES string of the molecule is CCN(CC)C(=O)c1cccc(NC(=O)CNc2cccc(C)c2)c1. The molecular weight excluding hydrogens is 314 g/mol. The van der Waals surface area contributed by atoms with E-state index in [0.29, 0.717) is 24.3 Å². The molecule has 0 aliphatic rings. The molecule has 0 aliphatic heterocycles. The van der Waals surface area contributed by atoms with Crippen LogP contribution in [0.4, 0.5) is 11.4 Å². The highest BCUT2D eigenvalue weighted by molar-refractivity contribution is 5.98. The summed E-state index contributed by atoms with van der Waals surface area (Å²) in [4.78, 5) is 26.3. The summed E-state index contributed by atoms with van der Waals surface area (Å²) in [6, 6.07) is 14.9. The highest BCUT2D eigenvalue weighted by Crippen LogP contribution is 2.13. The minimum Gasteiger partial charge on any atom is -0.376 e. The second kappa shape index (κ2) is 8.87. The molecule has 0 fully saturated rings. The molecule has 2 N–H and O–H groups in total. The van der Waals surface area contributed by atoms with E-state index >= 15 is 0 Å². The summed E-state index contributed by atoms with van der Waals surface area (Å²) in [5.41, 5.74) is 3.23. The number of rotatable bonds is 7. The number of anilines is 2. The lowest BCUT2D eigenvalue weighted by Gasteiger charge is -2.19. The van der Waals surface area contributed by atoms with Gasteiger partial charge in [0.15, 0.2) is 0 Å². The highest BCUT2D eigenvalue weighted by Gasteiger charge is 2.13. The molecule has 5 nitrogen and oxygen atoms in total. The third kappa shape index (κ3) is 5.35. The van der Waals surface area contributed by atoms with E-state index in [1.54, 1.807) is 29.2 Å². The fraction of sp³-hybridized carbons (Fsp3) is 0.300. The van der Waals surface area contributed by atoms with E-state index in [1.165, 1.54) is 0 Å². The van der Waals surface area contributed by atoms with Crippen molar-refractivity contribution in [3.8, 4) is 0 Å². The predicted molar refractivity (Wildman–Crippen MR) is 102 cm³/mol. The quantitative estimate of drug-likeness (QED) is 0.811. The maximum absolute atomic E-state index is 12.4. The van der Waals surface area contributed by atoms with E-state index in [0.717, 1.165) is 11.3 Å². The number of aryl methyl sites for hydroxylation is 1. The molecule has 5 heteroatoms. The largest absolute Gasteiger partial charge is 0.376 e. The van der Waals surface area contributed by atoms with Crippen molar-refractivity contribution in [2.24, 2.45) is 0 Å². The topological polar surface area (TPSA) is 61.4 Å². The first-order valence-electron chi connectivity index (χ1n) is 8.53. The van der Waals surface area contributed by atoms with E-state index < -0.39 is 0 Å². The van der Waals surface area contributed by atoms with Crippen molar-refractivity contribution in [1.29, 1.82) is 0 Å². The van der Waals surface area contributed by atoms with Gasteiger partial charge in [-0.25, -0.2) is 0 Å². The summed E-state index contributed by atoms with van der Waals surface area (Å²) >= 11 is 0. The summed E-state index contributed by atoms with van der Waals surface area (Å²) in [7, 11) is 0. The van der Waals surface area contributed by atoms with E-state index in [9.17, 15) is 9.59 Å². The third-order valence-corrected chi connectivity index (χ3v) is 3.92. The summed E-state index contributed by atoms with van der Waals surface area (Å²) in [5, 5.41) is 5.92. The minimum absolute atomic E-state index is 0.0287. The Bertz CT molecular complexity index is 739. The maximum atomic E-state index is 12.4. The zero-order valence-electron chi connectivity index (χ0n) is 15.0. The molecule has 132 valence electrons. The molecule has 0 radical (unpaired) electrons. The van der Waals surface area contributed by atoms with Gasteiger partial charge in [-0.1, -0.05) is 18.2 Å². The number of nitrogens with one attached hydrogen (secondary N) is 2. The number of hydrogen-bond acceptors (Lipinski definition) is 3. The number of carbonyl (C=O) groups is 2. The van der Waals surface area contributed by atoms with Crippen LogP contribution in [-0.4, -0.2) is 36.3 Å². The Morgan fingerprint density at radius 3 is 2.32 bits per heavy atom. The van der Waals surface area contributed by atoms with Gasteiger partial charge in [0.1, 0.15) is 0 Å². The van der Waals surface area contributed by atoms with Crippen LogP contribution in [0.5, 0.6) is 0 Å². The van der Waals surface area contributed by atoms with Crippen molar-refractivity contribution in [1.82, 2.24) is 4.90 Å². The van der Waals surface area contributed by atoms with Crippen LogP contribution in [0, 0.1) is 6.92 Å². The van der Waals surface area contributed by atoms with Crippen molar-refractivity contribution >= 4 is 23.2 Å². The Morgan fingerprint density at radius 2 is 1.64 bits per heavy atom. The molecule has 0 bridgehead atoms. The van der Waals surface area contributed by atoms with Crippen molar-refractivity contribution in [2.45, 2.75) is 20.8 Å². The molecule has 0 aromatic heterocycles. The number of carbonyl (C=O) groups excluding carboxylic acids is 2. The standard InChI is InChI=1S/C20H25N3O2/c1-4-23(5-2)20(25)16-9-7-11-18(13-16)22-19(24)14-21-17-10-6-8-15(3)12-17/h6-13,21H,4-5,14H2,1-3H3,(H,22,24). The van der Waals surface area contributed by atoms with Crippen molar-refractivity contribution in [3.05, 3.63) is 59.7 Å². The second-order valence-electron chi connectivity index (χ2n) is 5.83. The highest BCUT2D eigenvalue weighted by atomic mass is 16.2. The molecule has 0 saturated carbocycles. The predicted octanol–water partition coefficient (Wildman–Crippen LogP) is 3.53. The number of hydrogen-bond donors (Lipinski definition) is 2. The van der Waals surface area contributed by atoms with E-state index in [-0.39, 0.29) is 18.4 Å². The van der Waals surface area contributed by atoms with Crippen LogP contribution in [-0.2, 0) is 4.79 Å². The molecule has 0 atom stereocenters. The molecule has 2 aromatic rings. The number of amides is 2. The molecule has 0 spiro atoms. The fourth-order valence-electron chi connectivity index (χ4n) is 2.57. The molecule has 2 aromatic carbocycles. The molecule has 0 heterocycles. The van der Waals surface area contributed by atoms with Gasteiger partial charge in [-0.15, -0.1) is 0 Å². The lowest BCUT2D eigenvalue weighted by Crippen LogP contribution is -2.30. The Balaban J connectivity index is 1.97. The van der Waals surface area contributed by atoms with Crippen LogP contribution in [0.1, 0.15) is 29.8 Å². The van der Waals surface area contributed by atoms with Gasteiger partial charge in [0.2, 0.25) is 5.91 Å². The Kier molecular flexibility index (Phi) is 6.57. The average molecular weight is 339 g/mol. The summed E-state index contributed by atoms with van der Waals surface area (Å²) in [6.07, 6.45) is 0. The van der Waals surface area contributed by atoms with Gasteiger partial charge in [-0.2, -0.15) is 0 Å². The van der Waals surface area contributed by atoms with Crippen molar-refractivity contribution in [2.75, 3.05) is 30.3 Å². The first-order valence-corrected chi connectivity index (χ1v) is 8.53. The first kappa shape index (κ1) is 18.5. The molecule has 2 amide bonds. The van der Waals surface area contributed by atoms with Gasteiger partial charge in [0.25, 0.3) is 5.91 Å². The van der Waals surface area contributed by atoms with Gasteiger partial charge in [0.05, 0.1) is 6.54 Å². The fourth-order valence-corrected chi connectivity index (χ4v) is 2.57. The average Bonchev–Trinajstić information content (AvgIpc) is 2.61. The molecule has 0 unspecified atom stereocenters. The smallest absolute Gasteiger partial charge is 0.253 e. The molecule has 2 rings (SSSR count). The lowest BCUT2D eigenvalue weighted by molar-refractivity contribution is -0.114. The molecule has 25 heavy (non-hydrogen) atoms. The zero-order chi connectivity index (χ0) is 18.2. The number of benzene rings is 2. The van der Waals surface area contributed by atoms with Crippen LogP contribution in [0.25, 0.3) is 0 Å². The zero-order valence-corrected chi connectivity index (χ0v) is 15.0. The van der Waals surface area contributed by atoms with Crippen molar-refractivity contribution < 1.29 is 9.59 Å². The van der Waals surface area contributed by atoms with Crippen LogP contribution in [0.3, 0.4) is 0 Å². The Hall–Kier alpha value is -2.82. The summed E-state index contributed by atoms with van der Waals surface area (Å²) < 4.78 is 0. The van der Waals surface area contributed by atoms with Crippen LogP contribution < -0.4 is 10.6 Å². The molecular formula is C20H25N3O2. The molecule has 0 saturated heterocycles. The van der Waals surface area contributed by atoms with Gasteiger partial charge in [-0.05, 0) is 56.7 Å². The van der Waals surface area contributed by atoms with Gasteiger partial charge in [-0.3, -0.25) is 9.59 Å². The van der Waals surface area contributed by atoms with E-state index in [4.69, 9.17) is 0 Å². The van der Waals surface area contributed by atoms with Crippen LogP contribution >= 0.6 is 0 Å². The third-order valence-electron chi connectivity index (χ3n) is 3.92. The monoisotopic (exact) mass is 339 g/mol. The van der Waals surface area contributed by atoms with Gasteiger partial charge in [0, 0.05) is 30.0 Å². The first-order chi connectivity index (χ1) is 12.0. The minimum atomic E-state index is -0.158. The van der Waals surface area contributed by atoms with Crippen LogP contribution in [0.15, 0.2) is 48.5 Å². The Morgan fingerprint density at radius 1 is 0.960 bits per heavy atom. The van der Waals surface area contributed by atoms with E-state index in [2.05, 4.69) is 10.6 Å². The van der Waals surface area contributed by atoms with Gasteiger partial charge < -0.3 is 15.5 Å². The van der Waals surface area contributed by atoms with Gasteiger partial charge >= 0.3 is 0 Å². The lowest BCUT2D eigenvalue weighted by atomic mass is 10.1. The van der Waals surface area contributed by atoms with Crippen LogP contribution in [0.2, 0.25) is 0 Å².